The summed E-state index contributed by atoms with van der Waals surface area (Å²) in [6.07, 6.45) is 1.33. The number of aromatic nitrogens is 2. The molecule has 0 radical (unpaired) electrons. The van der Waals surface area contributed by atoms with E-state index in [1.807, 2.05) is 50.4 Å². The van der Waals surface area contributed by atoms with Gasteiger partial charge in [-0.2, -0.15) is 0 Å². The number of rotatable bonds is 6. The van der Waals surface area contributed by atoms with Gasteiger partial charge >= 0.3 is 5.97 Å². The summed E-state index contributed by atoms with van der Waals surface area (Å²) in [6.45, 7) is 4.94. The fourth-order valence-corrected chi connectivity index (χ4v) is 3.63. The Kier molecular flexibility index (Phi) is 5.89. The van der Waals surface area contributed by atoms with Crippen LogP contribution in [0.2, 0.25) is 0 Å². The van der Waals surface area contributed by atoms with Crippen LogP contribution in [0.4, 0.5) is 0 Å². The normalized spacial score (nSPS) is 11.0. The molecule has 28 heavy (non-hydrogen) atoms. The van der Waals surface area contributed by atoms with Crippen molar-refractivity contribution in [2.24, 2.45) is 0 Å². The molecule has 1 aromatic carbocycles. The molecule has 0 unspecified atom stereocenters. The van der Waals surface area contributed by atoms with Crippen LogP contribution in [-0.2, 0) is 20.9 Å². The number of benzene rings is 1. The summed E-state index contributed by atoms with van der Waals surface area (Å²) in [5.74, 6) is -1.06. The maximum Gasteiger partial charge on any atom is 0.326 e. The van der Waals surface area contributed by atoms with Gasteiger partial charge in [0.1, 0.15) is 11.4 Å². The molecule has 8 heteroatoms. The highest BCUT2D eigenvalue weighted by Crippen LogP contribution is 2.30. The number of hydrogen-bond acceptors (Lipinski definition) is 6. The number of fused-ring (bicyclic) bond motifs is 1. The Morgan fingerprint density at radius 2 is 1.96 bits per heavy atom. The van der Waals surface area contributed by atoms with E-state index in [0.29, 0.717) is 10.2 Å². The first-order valence-corrected chi connectivity index (χ1v) is 9.72. The number of carbonyl (C=O) groups excluding carboxylic acids is 2. The molecular weight excluding hydrogens is 378 g/mol. The van der Waals surface area contributed by atoms with Crippen LogP contribution in [-0.4, -0.2) is 34.1 Å². The van der Waals surface area contributed by atoms with Gasteiger partial charge in [0.15, 0.2) is 6.61 Å². The topological polar surface area (TPSA) is 90.3 Å². The first-order chi connectivity index (χ1) is 13.3. The van der Waals surface area contributed by atoms with Crippen molar-refractivity contribution >= 4 is 33.4 Å². The SMILES string of the molecule is Cc1ccc(-c2csc3ncn(CC(=O)OCC(=O)NC(C)C)c(=O)c23)cc1. The van der Waals surface area contributed by atoms with Crippen LogP contribution in [0.5, 0.6) is 0 Å². The Morgan fingerprint density at radius 3 is 2.64 bits per heavy atom. The zero-order valence-electron chi connectivity index (χ0n) is 15.9. The van der Waals surface area contributed by atoms with Crippen molar-refractivity contribution in [3.8, 4) is 11.1 Å². The van der Waals surface area contributed by atoms with Gasteiger partial charge in [0.05, 0.1) is 11.7 Å². The molecule has 1 amide bonds. The standard InChI is InChI=1S/C20H21N3O4S/c1-12(2)22-16(24)9-27-17(25)8-23-11-21-19-18(20(23)26)15(10-28-19)14-6-4-13(3)5-7-14/h4-7,10-12H,8-9H2,1-3H3,(H,22,24). The number of ether oxygens (including phenoxy) is 1. The lowest BCUT2D eigenvalue weighted by atomic mass is 10.1. The fraction of sp³-hybridized carbons (Fsp3) is 0.300. The highest BCUT2D eigenvalue weighted by molar-refractivity contribution is 7.17. The fourth-order valence-electron chi connectivity index (χ4n) is 2.72. The van der Waals surface area contributed by atoms with E-state index < -0.39 is 5.97 Å². The lowest BCUT2D eigenvalue weighted by Gasteiger charge is -2.09. The van der Waals surface area contributed by atoms with Gasteiger partial charge in [-0.05, 0) is 26.3 Å². The smallest absolute Gasteiger partial charge is 0.326 e. The minimum absolute atomic E-state index is 0.0424. The van der Waals surface area contributed by atoms with E-state index in [0.717, 1.165) is 16.7 Å². The molecule has 0 atom stereocenters. The third-order valence-electron chi connectivity index (χ3n) is 4.04. The third-order valence-corrected chi connectivity index (χ3v) is 4.92. The number of nitrogens with one attached hydrogen (secondary N) is 1. The number of hydrogen-bond donors (Lipinski definition) is 1. The minimum Gasteiger partial charge on any atom is -0.454 e. The third kappa shape index (κ3) is 4.45. The second kappa shape index (κ2) is 8.35. The van der Waals surface area contributed by atoms with Crippen LogP contribution in [0.1, 0.15) is 19.4 Å². The van der Waals surface area contributed by atoms with E-state index in [1.165, 1.54) is 22.2 Å². The van der Waals surface area contributed by atoms with Crippen molar-refractivity contribution < 1.29 is 14.3 Å². The van der Waals surface area contributed by atoms with Crippen LogP contribution < -0.4 is 10.9 Å². The van der Waals surface area contributed by atoms with Crippen molar-refractivity contribution in [3.05, 3.63) is 51.9 Å². The van der Waals surface area contributed by atoms with E-state index in [2.05, 4.69) is 10.3 Å². The van der Waals surface area contributed by atoms with Gasteiger partial charge in [0.25, 0.3) is 11.5 Å². The largest absolute Gasteiger partial charge is 0.454 e. The number of carbonyl (C=O) groups is 2. The molecular formula is C20H21N3O4S. The molecule has 1 N–H and O–H groups in total. The molecule has 2 aromatic heterocycles. The number of esters is 1. The summed E-state index contributed by atoms with van der Waals surface area (Å²) in [5.41, 5.74) is 2.52. The van der Waals surface area contributed by atoms with Crippen LogP contribution in [0.3, 0.4) is 0 Å². The van der Waals surface area contributed by atoms with Crippen LogP contribution in [0.15, 0.2) is 40.8 Å². The van der Waals surface area contributed by atoms with E-state index in [4.69, 9.17) is 4.74 Å². The zero-order valence-corrected chi connectivity index (χ0v) is 16.7. The Hall–Kier alpha value is -3.00. The molecule has 146 valence electrons. The highest BCUT2D eigenvalue weighted by atomic mass is 32.1. The van der Waals surface area contributed by atoms with Gasteiger partial charge in [-0.1, -0.05) is 29.8 Å². The molecule has 0 aliphatic heterocycles. The van der Waals surface area contributed by atoms with Crippen LogP contribution in [0.25, 0.3) is 21.3 Å². The van der Waals surface area contributed by atoms with E-state index in [-0.39, 0.29) is 30.7 Å². The van der Waals surface area contributed by atoms with Gasteiger partial charge < -0.3 is 10.1 Å². The average molecular weight is 399 g/mol. The van der Waals surface area contributed by atoms with Crippen molar-refractivity contribution in [2.75, 3.05) is 6.61 Å². The molecule has 2 heterocycles. The van der Waals surface area contributed by atoms with Gasteiger partial charge in [-0.25, -0.2) is 4.98 Å². The molecule has 0 saturated heterocycles. The van der Waals surface area contributed by atoms with Crippen molar-refractivity contribution in [1.82, 2.24) is 14.9 Å². The minimum atomic E-state index is -0.672. The molecule has 0 saturated carbocycles. The second-order valence-corrected chi connectivity index (χ2v) is 7.61. The van der Waals surface area contributed by atoms with Gasteiger partial charge in [-0.15, -0.1) is 11.3 Å². The monoisotopic (exact) mass is 399 g/mol. The predicted octanol–water partition coefficient (Wildman–Crippen LogP) is 2.50. The molecule has 0 spiro atoms. The molecule has 3 aromatic rings. The maximum atomic E-state index is 12.9. The Morgan fingerprint density at radius 1 is 1.25 bits per heavy atom. The summed E-state index contributed by atoms with van der Waals surface area (Å²) >= 11 is 1.38. The number of amides is 1. The quantitative estimate of drug-likeness (QED) is 0.643. The first kappa shape index (κ1) is 19.8. The summed E-state index contributed by atoms with van der Waals surface area (Å²) in [5, 5.41) is 4.99. The van der Waals surface area contributed by atoms with Crippen molar-refractivity contribution in [2.45, 2.75) is 33.4 Å². The van der Waals surface area contributed by atoms with E-state index in [1.54, 1.807) is 0 Å². The maximum absolute atomic E-state index is 12.9. The number of aryl methyl sites for hydroxylation is 1. The molecule has 0 fully saturated rings. The lowest BCUT2D eigenvalue weighted by Crippen LogP contribution is -2.35. The molecule has 0 bridgehead atoms. The Labute approximate surface area is 166 Å². The molecule has 3 rings (SSSR count). The first-order valence-electron chi connectivity index (χ1n) is 8.84. The Bertz CT molecular complexity index is 1070. The van der Waals surface area contributed by atoms with Crippen molar-refractivity contribution in [1.29, 1.82) is 0 Å². The van der Waals surface area contributed by atoms with Gasteiger partial charge in [0, 0.05) is 17.0 Å². The summed E-state index contributed by atoms with van der Waals surface area (Å²) < 4.78 is 6.15. The van der Waals surface area contributed by atoms with E-state index >= 15 is 0 Å². The van der Waals surface area contributed by atoms with E-state index in [9.17, 15) is 14.4 Å². The molecule has 7 nitrogen and oxygen atoms in total. The summed E-state index contributed by atoms with van der Waals surface area (Å²) in [4.78, 5) is 41.4. The molecule has 0 aliphatic carbocycles. The Balaban J connectivity index is 1.81. The number of thiophene rings is 1. The van der Waals surface area contributed by atoms with Crippen LogP contribution >= 0.6 is 11.3 Å². The predicted molar refractivity (Wildman–Crippen MR) is 108 cm³/mol. The van der Waals surface area contributed by atoms with Crippen LogP contribution in [0, 0.1) is 6.92 Å². The average Bonchev–Trinajstić information content (AvgIpc) is 3.07. The number of nitrogens with zero attached hydrogens (tertiary/aromatic N) is 2. The van der Waals surface area contributed by atoms with Gasteiger partial charge in [0.2, 0.25) is 0 Å². The van der Waals surface area contributed by atoms with Crippen molar-refractivity contribution in [3.63, 3.8) is 0 Å². The summed E-state index contributed by atoms with van der Waals surface area (Å²) in [6, 6.07) is 7.82. The zero-order chi connectivity index (χ0) is 20.3. The second-order valence-electron chi connectivity index (χ2n) is 6.76. The highest BCUT2D eigenvalue weighted by Gasteiger charge is 2.16. The van der Waals surface area contributed by atoms with Gasteiger partial charge in [-0.3, -0.25) is 19.0 Å². The molecule has 0 aliphatic rings. The summed E-state index contributed by atoms with van der Waals surface area (Å²) in [7, 11) is 0. The lowest BCUT2D eigenvalue weighted by molar-refractivity contribution is -0.149.